The second-order valence-electron chi connectivity index (χ2n) is 6.93. The lowest BCUT2D eigenvalue weighted by Gasteiger charge is -2.25. The number of halogens is 1. The van der Waals surface area contributed by atoms with Gasteiger partial charge in [0.1, 0.15) is 12.2 Å². The summed E-state index contributed by atoms with van der Waals surface area (Å²) in [6.07, 6.45) is 3.40. The van der Waals surface area contributed by atoms with Crippen LogP contribution in [0.4, 0.5) is 0 Å². The third-order valence-corrected chi connectivity index (χ3v) is 6.64. The van der Waals surface area contributed by atoms with Crippen molar-refractivity contribution in [2.75, 3.05) is 18.8 Å². The number of aryl methyl sites for hydroxylation is 1. The molecule has 1 aromatic heterocycles. The molecule has 1 atom stereocenters. The van der Waals surface area contributed by atoms with Crippen LogP contribution in [0, 0.1) is 0 Å². The molecule has 0 aliphatic carbocycles. The van der Waals surface area contributed by atoms with Crippen LogP contribution in [0.2, 0.25) is 0 Å². The number of sulfone groups is 1. The Morgan fingerprint density at radius 3 is 2.80 bits per heavy atom. The van der Waals surface area contributed by atoms with Crippen molar-refractivity contribution in [3.05, 3.63) is 12.2 Å². The summed E-state index contributed by atoms with van der Waals surface area (Å²) in [5.74, 6) is 1.70. The average Bonchev–Trinajstić information content (AvgIpc) is 2.93. The maximum Gasteiger partial charge on any atom is 0.191 e. The Hall–Kier alpha value is -0.910. The highest BCUT2D eigenvalue weighted by Crippen LogP contribution is 2.15. The van der Waals surface area contributed by atoms with Crippen molar-refractivity contribution in [1.29, 1.82) is 0 Å². The van der Waals surface area contributed by atoms with Crippen LogP contribution in [0.5, 0.6) is 0 Å². The van der Waals surface area contributed by atoms with Crippen molar-refractivity contribution in [3.8, 4) is 0 Å². The second kappa shape index (κ2) is 9.15. The van der Waals surface area contributed by atoms with Gasteiger partial charge in [-0.05, 0) is 34.1 Å². The van der Waals surface area contributed by atoms with Gasteiger partial charge in [0.2, 0.25) is 0 Å². The quantitative estimate of drug-likeness (QED) is 0.367. The molecule has 1 aliphatic heterocycles. The first kappa shape index (κ1) is 22.1. The van der Waals surface area contributed by atoms with E-state index in [9.17, 15) is 8.42 Å². The minimum atomic E-state index is -3.16. The maximum absolute atomic E-state index is 12.2. The van der Waals surface area contributed by atoms with Gasteiger partial charge in [0.25, 0.3) is 0 Å². The van der Waals surface area contributed by atoms with Gasteiger partial charge in [-0.15, -0.1) is 24.0 Å². The number of rotatable bonds is 5. The molecule has 0 spiro atoms. The summed E-state index contributed by atoms with van der Waals surface area (Å²) in [6, 6.07) is 0.205. The molecular weight excluding hydrogens is 455 g/mol. The number of nitrogens with one attached hydrogen (secondary N) is 2. The van der Waals surface area contributed by atoms with Crippen LogP contribution in [0.3, 0.4) is 0 Å². The van der Waals surface area contributed by atoms with Crippen LogP contribution in [-0.4, -0.2) is 58.8 Å². The van der Waals surface area contributed by atoms with E-state index in [4.69, 9.17) is 0 Å². The van der Waals surface area contributed by atoms with Gasteiger partial charge >= 0.3 is 0 Å². The third kappa shape index (κ3) is 6.08. The Labute approximate surface area is 167 Å². The first-order valence-corrected chi connectivity index (χ1v) is 10.0. The lowest BCUT2D eigenvalue weighted by Crippen LogP contribution is -2.47. The Bertz CT molecular complexity index is 680. The first-order chi connectivity index (χ1) is 11.2. The van der Waals surface area contributed by atoms with Crippen LogP contribution in [0.25, 0.3) is 0 Å². The van der Waals surface area contributed by atoms with Crippen molar-refractivity contribution in [3.63, 3.8) is 0 Å². The lowest BCUT2D eigenvalue weighted by atomic mass is 10.1. The fourth-order valence-electron chi connectivity index (χ4n) is 2.45. The molecule has 0 amide bonds. The molecule has 0 saturated carbocycles. The normalized spacial score (nSPS) is 18.2. The molecule has 1 aromatic rings. The van der Waals surface area contributed by atoms with E-state index in [-0.39, 0.29) is 42.3 Å². The molecule has 0 aromatic carbocycles. The van der Waals surface area contributed by atoms with Crippen LogP contribution in [0.15, 0.2) is 11.3 Å². The van der Waals surface area contributed by atoms with E-state index in [1.54, 1.807) is 27.1 Å². The summed E-state index contributed by atoms with van der Waals surface area (Å²) in [7, 11) is -3.16. The topological polar surface area (TPSA) is 101 Å². The molecule has 8 nitrogen and oxygen atoms in total. The number of aliphatic imine (C=N–C) groups is 1. The molecule has 1 unspecified atom stereocenters. The number of hydrogen-bond acceptors (Lipinski definition) is 5. The predicted octanol–water partition coefficient (Wildman–Crippen LogP) is 0.979. The number of aromatic nitrogens is 3. The fraction of sp³-hybridized carbons (Fsp3) is 0.800. The van der Waals surface area contributed by atoms with Gasteiger partial charge < -0.3 is 10.6 Å². The second-order valence-corrected chi connectivity index (χ2v) is 9.79. The fourth-order valence-corrected chi connectivity index (χ4v) is 3.40. The van der Waals surface area contributed by atoms with Crippen LogP contribution >= 0.6 is 24.0 Å². The van der Waals surface area contributed by atoms with E-state index in [1.165, 1.54) is 0 Å². The van der Waals surface area contributed by atoms with Gasteiger partial charge in [0, 0.05) is 19.0 Å². The molecule has 0 fully saturated rings. The van der Waals surface area contributed by atoms with Gasteiger partial charge in [-0.25, -0.2) is 18.1 Å². The Kier molecular flexibility index (Phi) is 8.10. The molecule has 0 radical (unpaired) electrons. The largest absolute Gasteiger partial charge is 0.357 e. The molecule has 10 heteroatoms. The standard InChI is InChI=1S/C15H28N6O2S.HI/c1-5-16-14(17-8-9-24(22,23)15(2,3)4)20-12-6-7-13-18-11-19-21(13)10-12;/h11-12H,5-10H2,1-4H3,(H2,16,17,20);1H. The Morgan fingerprint density at radius 1 is 1.44 bits per heavy atom. The van der Waals surface area contributed by atoms with Gasteiger partial charge in [0.05, 0.1) is 23.6 Å². The van der Waals surface area contributed by atoms with Gasteiger partial charge in [-0.2, -0.15) is 5.10 Å². The molecule has 144 valence electrons. The van der Waals surface area contributed by atoms with E-state index in [2.05, 4.69) is 25.7 Å². The molecule has 0 bridgehead atoms. The monoisotopic (exact) mass is 484 g/mol. The minimum absolute atomic E-state index is 0. The highest BCUT2D eigenvalue weighted by molar-refractivity contribution is 14.0. The van der Waals surface area contributed by atoms with Crippen molar-refractivity contribution in [2.24, 2.45) is 4.99 Å². The van der Waals surface area contributed by atoms with E-state index in [1.807, 2.05) is 11.6 Å². The summed E-state index contributed by atoms with van der Waals surface area (Å²) in [6.45, 7) is 8.84. The number of guanidine groups is 1. The molecule has 25 heavy (non-hydrogen) atoms. The molecule has 2 N–H and O–H groups in total. The zero-order valence-corrected chi connectivity index (χ0v) is 18.5. The summed E-state index contributed by atoms with van der Waals surface area (Å²) >= 11 is 0. The molecule has 2 rings (SSSR count). The Balaban J connectivity index is 0.00000312. The van der Waals surface area contributed by atoms with E-state index < -0.39 is 14.6 Å². The molecule has 0 saturated heterocycles. The van der Waals surface area contributed by atoms with Gasteiger partial charge in [-0.1, -0.05) is 0 Å². The zero-order valence-electron chi connectivity index (χ0n) is 15.3. The number of hydrogen-bond donors (Lipinski definition) is 2. The maximum atomic E-state index is 12.2. The lowest BCUT2D eigenvalue weighted by molar-refractivity contribution is 0.393. The summed E-state index contributed by atoms with van der Waals surface area (Å²) in [5, 5.41) is 10.7. The van der Waals surface area contributed by atoms with Crippen molar-refractivity contribution >= 4 is 39.8 Å². The smallest absolute Gasteiger partial charge is 0.191 e. The van der Waals surface area contributed by atoms with Crippen molar-refractivity contribution in [1.82, 2.24) is 25.4 Å². The van der Waals surface area contributed by atoms with Crippen molar-refractivity contribution in [2.45, 2.75) is 57.9 Å². The van der Waals surface area contributed by atoms with Crippen LogP contribution in [0.1, 0.15) is 39.9 Å². The van der Waals surface area contributed by atoms with Crippen molar-refractivity contribution < 1.29 is 8.42 Å². The predicted molar refractivity (Wildman–Crippen MR) is 110 cm³/mol. The molecule has 1 aliphatic rings. The van der Waals surface area contributed by atoms with E-state index in [0.717, 1.165) is 31.8 Å². The number of fused-ring (bicyclic) bond motifs is 1. The van der Waals surface area contributed by atoms with E-state index >= 15 is 0 Å². The summed E-state index contributed by atoms with van der Waals surface area (Å²) in [4.78, 5) is 8.64. The molecule has 2 heterocycles. The van der Waals surface area contributed by atoms with Gasteiger partial charge in [0.15, 0.2) is 15.8 Å². The molecular formula is C15H29IN6O2S. The summed E-state index contributed by atoms with van der Waals surface area (Å²) in [5.41, 5.74) is 0. The highest BCUT2D eigenvalue weighted by Gasteiger charge is 2.28. The van der Waals surface area contributed by atoms with Gasteiger partial charge in [-0.3, -0.25) is 4.99 Å². The van der Waals surface area contributed by atoms with E-state index in [0.29, 0.717) is 5.96 Å². The average molecular weight is 484 g/mol. The first-order valence-electron chi connectivity index (χ1n) is 8.37. The third-order valence-electron chi connectivity index (χ3n) is 4.05. The summed E-state index contributed by atoms with van der Waals surface area (Å²) < 4.78 is 25.5. The Morgan fingerprint density at radius 2 is 2.16 bits per heavy atom. The SMILES string of the molecule is CCNC(=NCCS(=O)(=O)C(C)(C)C)NC1CCc2ncnn2C1.I. The minimum Gasteiger partial charge on any atom is -0.357 e. The highest BCUT2D eigenvalue weighted by atomic mass is 127. The van der Waals surface area contributed by atoms with Crippen LogP contribution < -0.4 is 10.6 Å². The number of nitrogens with zero attached hydrogens (tertiary/aromatic N) is 4. The zero-order chi connectivity index (χ0) is 17.8. The van der Waals surface area contributed by atoms with Crippen LogP contribution in [-0.2, 0) is 22.8 Å².